The minimum atomic E-state index is -6.09. The van der Waals surface area contributed by atoms with Gasteiger partial charge in [0, 0.05) is 6.92 Å². The predicted molar refractivity (Wildman–Crippen MR) is 56.4 cm³/mol. The van der Waals surface area contributed by atoms with Gasteiger partial charge < -0.3 is 4.55 Å². The topological polar surface area (TPSA) is 76.9 Å². The number of rotatable bonds is 3. The Morgan fingerprint density at radius 1 is 1.44 bits per heavy atom. The smallest absolute Gasteiger partial charge is 0.485 e. The molecule has 0 unspecified atom stereocenters. The van der Waals surface area contributed by atoms with Gasteiger partial charge in [-0.05, 0) is 6.42 Å². The summed E-state index contributed by atoms with van der Waals surface area (Å²) < 4.78 is 61.1. The molecule has 0 aliphatic carbocycles. The summed E-state index contributed by atoms with van der Waals surface area (Å²) in [6.07, 6.45) is 6.59. The average Bonchev–Trinajstić information content (AvgIpc) is 2.59. The molecule has 0 radical (unpaired) electrons. The third-order valence-electron chi connectivity index (χ3n) is 2.01. The highest BCUT2D eigenvalue weighted by atomic mass is 32.2. The molecule has 0 aliphatic rings. The first-order valence-electron chi connectivity index (χ1n) is 5.15. The van der Waals surface area contributed by atoms with Crippen molar-refractivity contribution in [3.8, 4) is 0 Å². The molecule has 0 spiro atoms. The Kier molecular flexibility index (Phi) is 6.33. The normalized spacial score (nSPS) is 11.9. The number of alkyl halides is 3. The highest BCUT2D eigenvalue weighted by Crippen LogP contribution is 2.20. The third kappa shape index (κ3) is 6.01. The molecule has 18 heavy (non-hydrogen) atoms. The molecule has 1 heterocycles. The van der Waals surface area contributed by atoms with Crippen molar-refractivity contribution in [2.45, 2.75) is 38.7 Å². The zero-order valence-electron chi connectivity index (χ0n) is 9.99. The molecule has 0 saturated carbocycles. The minimum Gasteiger partial charge on any atom is -0.741 e. The van der Waals surface area contributed by atoms with Crippen LogP contribution in [0.3, 0.4) is 0 Å². The molecule has 1 aromatic heterocycles. The summed E-state index contributed by atoms with van der Waals surface area (Å²) in [6, 6.07) is 0. The number of H-pyrrole nitrogens is 1. The van der Waals surface area contributed by atoms with Crippen LogP contribution in [-0.2, 0) is 16.7 Å². The Bertz CT molecular complexity index is 454. The molecule has 1 N–H and O–H groups in total. The van der Waals surface area contributed by atoms with Crippen LogP contribution in [-0.4, -0.2) is 23.5 Å². The highest BCUT2D eigenvalue weighted by Gasteiger charge is 2.36. The number of hydrogen-bond acceptors (Lipinski definition) is 3. The van der Waals surface area contributed by atoms with Crippen LogP contribution in [0.4, 0.5) is 13.2 Å². The summed E-state index contributed by atoms with van der Waals surface area (Å²) >= 11 is 0. The molecule has 0 amide bonds. The van der Waals surface area contributed by atoms with Crippen molar-refractivity contribution in [2.24, 2.45) is 0 Å². The fraction of sp³-hybridized carbons (Fsp3) is 0.667. The Balaban J connectivity index is 0.000000331. The molecule has 1 rings (SSSR count). The van der Waals surface area contributed by atoms with E-state index in [1.807, 2.05) is 6.20 Å². The Morgan fingerprint density at radius 3 is 2.22 bits per heavy atom. The van der Waals surface area contributed by atoms with Crippen LogP contribution in [0.15, 0.2) is 12.4 Å². The van der Waals surface area contributed by atoms with Crippen LogP contribution in [0, 0.1) is 6.92 Å². The first kappa shape index (κ1) is 16.9. The van der Waals surface area contributed by atoms with Crippen LogP contribution in [0.1, 0.15) is 25.6 Å². The van der Waals surface area contributed by atoms with E-state index in [1.165, 1.54) is 18.7 Å². The van der Waals surface area contributed by atoms with E-state index in [1.54, 1.807) is 0 Å². The molecule has 9 heteroatoms. The minimum absolute atomic E-state index is 1.14. The lowest BCUT2D eigenvalue weighted by molar-refractivity contribution is -0.701. The molecule has 0 aromatic carbocycles. The van der Waals surface area contributed by atoms with E-state index in [-0.39, 0.29) is 0 Å². The van der Waals surface area contributed by atoms with Crippen molar-refractivity contribution in [3.63, 3.8) is 0 Å². The quantitative estimate of drug-likeness (QED) is 0.519. The van der Waals surface area contributed by atoms with Crippen LogP contribution in [0.2, 0.25) is 0 Å². The molecule has 0 aliphatic heterocycles. The molecule has 0 saturated heterocycles. The third-order valence-corrected chi connectivity index (χ3v) is 2.58. The fourth-order valence-electron chi connectivity index (χ4n) is 1.01. The number of aromatic nitrogens is 2. The first-order valence-corrected chi connectivity index (χ1v) is 6.56. The van der Waals surface area contributed by atoms with E-state index in [0.717, 1.165) is 6.54 Å². The number of aromatic amines is 1. The van der Waals surface area contributed by atoms with Gasteiger partial charge in [-0.25, -0.2) is 18.0 Å². The predicted octanol–water partition coefficient (Wildman–Crippen LogP) is 1.46. The summed E-state index contributed by atoms with van der Waals surface area (Å²) in [5.41, 5.74) is -5.65. The summed E-state index contributed by atoms with van der Waals surface area (Å²) in [7, 11) is -6.09. The number of hydrogen-bond donors (Lipinski definition) is 1. The van der Waals surface area contributed by atoms with Gasteiger partial charge in [0.1, 0.15) is 12.4 Å². The zero-order valence-corrected chi connectivity index (χ0v) is 10.8. The second-order valence-corrected chi connectivity index (χ2v) is 4.86. The first-order chi connectivity index (χ1) is 8.09. The van der Waals surface area contributed by atoms with Crippen molar-refractivity contribution in [1.82, 2.24) is 4.98 Å². The number of nitrogens with zero attached hydrogens (tertiary/aromatic N) is 1. The van der Waals surface area contributed by atoms with E-state index < -0.39 is 15.6 Å². The summed E-state index contributed by atoms with van der Waals surface area (Å²) in [4.78, 5) is 3.14. The number of aryl methyl sites for hydroxylation is 2. The van der Waals surface area contributed by atoms with Crippen molar-refractivity contribution in [1.29, 1.82) is 0 Å². The van der Waals surface area contributed by atoms with Crippen molar-refractivity contribution in [3.05, 3.63) is 18.2 Å². The second-order valence-electron chi connectivity index (χ2n) is 3.49. The van der Waals surface area contributed by atoms with Crippen LogP contribution in [0.25, 0.3) is 0 Å². The van der Waals surface area contributed by atoms with E-state index in [0.29, 0.717) is 0 Å². The summed E-state index contributed by atoms with van der Waals surface area (Å²) in [5.74, 6) is 1.24. The van der Waals surface area contributed by atoms with Crippen molar-refractivity contribution in [2.75, 3.05) is 0 Å². The number of halogens is 3. The molecule has 0 fully saturated rings. The van der Waals surface area contributed by atoms with E-state index in [9.17, 15) is 13.2 Å². The molecule has 1 aromatic rings. The largest absolute Gasteiger partial charge is 0.741 e. The van der Waals surface area contributed by atoms with Gasteiger partial charge in [0.15, 0.2) is 10.1 Å². The lowest BCUT2D eigenvalue weighted by atomic mass is 10.3. The van der Waals surface area contributed by atoms with E-state index >= 15 is 0 Å². The van der Waals surface area contributed by atoms with Gasteiger partial charge >= 0.3 is 5.51 Å². The monoisotopic (exact) mass is 288 g/mol. The van der Waals surface area contributed by atoms with Crippen molar-refractivity contribution < 1.29 is 30.7 Å². The SMILES string of the molecule is CCCC[n+]1cc[nH]c1C.O=S(=O)([O-])C(F)(F)F. The standard InChI is InChI=1S/C8H14N2.CHF3O3S/c1-3-4-6-10-7-5-9-8(10)2;2-1(3,4)8(5,6)7/h5,7H,3-4,6H2,1-2H3;(H,5,6,7). The summed E-state index contributed by atoms with van der Waals surface area (Å²) in [5, 5.41) is 0. The van der Waals surface area contributed by atoms with Gasteiger partial charge in [-0.1, -0.05) is 13.3 Å². The average molecular weight is 288 g/mol. The van der Waals surface area contributed by atoms with E-state index in [2.05, 4.69) is 29.6 Å². The van der Waals surface area contributed by atoms with E-state index in [4.69, 9.17) is 13.0 Å². The van der Waals surface area contributed by atoms with Gasteiger partial charge in [0.05, 0.1) is 6.54 Å². The zero-order chi connectivity index (χ0) is 14.4. The molecule has 5 nitrogen and oxygen atoms in total. The number of unbranched alkanes of at least 4 members (excludes halogenated alkanes) is 1. The molecule has 0 atom stereocenters. The number of imidazole rings is 1. The second kappa shape index (κ2) is 6.74. The Morgan fingerprint density at radius 2 is 1.94 bits per heavy atom. The van der Waals surface area contributed by atoms with Gasteiger partial charge in [0.2, 0.25) is 0 Å². The lowest BCUT2D eigenvalue weighted by Crippen LogP contribution is -2.34. The van der Waals surface area contributed by atoms with Gasteiger partial charge in [-0.15, -0.1) is 0 Å². The number of nitrogens with one attached hydrogen (secondary N) is 1. The molecule has 0 bridgehead atoms. The fourth-order valence-corrected chi connectivity index (χ4v) is 1.01. The van der Waals surface area contributed by atoms with Crippen molar-refractivity contribution >= 4 is 10.1 Å². The highest BCUT2D eigenvalue weighted by molar-refractivity contribution is 7.86. The lowest BCUT2D eigenvalue weighted by Gasteiger charge is -2.08. The Hall–Kier alpha value is -1.09. The van der Waals surface area contributed by atoms with Gasteiger partial charge in [-0.3, -0.25) is 0 Å². The Labute approximate surface area is 103 Å². The molecule has 106 valence electrons. The molecular formula is C9H15F3N2O3S. The molecular weight excluding hydrogens is 273 g/mol. The van der Waals surface area contributed by atoms with Crippen LogP contribution < -0.4 is 4.57 Å². The maximum atomic E-state index is 10.7. The van der Waals surface area contributed by atoms with Gasteiger partial charge in [-0.2, -0.15) is 13.2 Å². The van der Waals surface area contributed by atoms with Gasteiger partial charge in [0.25, 0.3) is 5.82 Å². The maximum Gasteiger partial charge on any atom is 0.485 e. The van der Waals surface area contributed by atoms with Crippen LogP contribution >= 0.6 is 0 Å². The van der Waals surface area contributed by atoms with Crippen LogP contribution in [0.5, 0.6) is 0 Å². The summed E-state index contributed by atoms with van der Waals surface area (Å²) in [6.45, 7) is 5.45. The maximum absolute atomic E-state index is 10.7.